The van der Waals surface area contributed by atoms with Crippen LogP contribution in [0, 0.1) is 10.1 Å². The standard InChI is InChI=1S/C20H24N2O5/c1-15(23)18-12-11-17(14-19(18)22(25)26)27-13-7-6-10-20(24)21(2)16-8-4-3-5-9-16/h3-5,8-9,11-12,14-15,23H,6-7,10,13H2,1-2H3. The zero-order valence-corrected chi connectivity index (χ0v) is 15.5. The normalized spacial score (nSPS) is 11.7. The van der Waals surface area contributed by atoms with Gasteiger partial charge in [0.15, 0.2) is 0 Å². The molecule has 0 aliphatic heterocycles. The molecule has 0 bridgehead atoms. The number of carbonyl (C=O) groups excluding carboxylic acids is 1. The lowest BCUT2D eigenvalue weighted by Gasteiger charge is -2.17. The van der Waals surface area contributed by atoms with Gasteiger partial charge in [-0.3, -0.25) is 14.9 Å². The molecular weight excluding hydrogens is 348 g/mol. The maximum Gasteiger partial charge on any atom is 0.278 e. The minimum absolute atomic E-state index is 0.0260. The van der Waals surface area contributed by atoms with Crippen LogP contribution in [0.2, 0.25) is 0 Å². The first kappa shape index (κ1) is 20.4. The third-order valence-electron chi connectivity index (χ3n) is 4.22. The molecule has 0 fully saturated rings. The molecule has 0 aliphatic carbocycles. The Morgan fingerprint density at radius 2 is 1.93 bits per heavy atom. The number of aliphatic hydroxyl groups is 1. The van der Waals surface area contributed by atoms with Gasteiger partial charge in [-0.15, -0.1) is 0 Å². The van der Waals surface area contributed by atoms with Crippen molar-refractivity contribution in [3.05, 3.63) is 64.2 Å². The van der Waals surface area contributed by atoms with Gasteiger partial charge in [0.2, 0.25) is 5.91 Å². The molecule has 1 atom stereocenters. The largest absolute Gasteiger partial charge is 0.493 e. The van der Waals surface area contributed by atoms with Gasteiger partial charge >= 0.3 is 0 Å². The highest BCUT2D eigenvalue weighted by molar-refractivity contribution is 5.92. The van der Waals surface area contributed by atoms with Crippen LogP contribution >= 0.6 is 0 Å². The summed E-state index contributed by atoms with van der Waals surface area (Å²) >= 11 is 0. The third kappa shape index (κ3) is 5.79. The molecule has 0 saturated carbocycles. The van der Waals surface area contributed by atoms with E-state index in [0.29, 0.717) is 31.6 Å². The maximum absolute atomic E-state index is 12.2. The van der Waals surface area contributed by atoms with Crippen molar-refractivity contribution in [3.63, 3.8) is 0 Å². The van der Waals surface area contributed by atoms with Crippen LogP contribution in [0.5, 0.6) is 5.75 Å². The Morgan fingerprint density at radius 3 is 2.56 bits per heavy atom. The van der Waals surface area contributed by atoms with E-state index in [-0.39, 0.29) is 17.2 Å². The van der Waals surface area contributed by atoms with Gasteiger partial charge in [0, 0.05) is 19.2 Å². The summed E-state index contributed by atoms with van der Waals surface area (Å²) in [6, 6.07) is 13.8. The maximum atomic E-state index is 12.2. The Bertz CT molecular complexity index is 777. The van der Waals surface area contributed by atoms with Crippen molar-refractivity contribution < 1.29 is 19.6 Å². The number of benzene rings is 2. The molecular formula is C20H24N2O5. The molecule has 27 heavy (non-hydrogen) atoms. The zero-order chi connectivity index (χ0) is 19.8. The summed E-state index contributed by atoms with van der Waals surface area (Å²) in [5.74, 6) is 0.400. The van der Waals surface area contributed by atoms with E-state index in [4.69, 9.17) is 4.74 Å². The average molecular weight is 372 g/mol. The first-order valence-electron chi connectivity index (χ1n) is 8.81. The van der Waals surface area contributed by atoms with E-state index in [1.54, 1.807) is 18.0 Å². The summed E-state index contributed by atoms with van der Waals surface area (Å²) < 4.78 is 5.55. The van der Waals surface area contributed by atoms with Crippen LogP contribution in [0.25, 0.3) is 0 Å². The fourth-order valence-electron chi connectivity index (χ4n) is 2.66. The molecule has 0 aliphatic rings. The minimum atomic E-state index is -0.924. The predicted octanol–water partition coefficient (Wildman–Crippen LogP) is 3.86. The SMILES string of the molecule is CC(O)c1ccc(OCCCCC(=O)N(C)c2ccccc2)cc1[N+](=O)[O-]. The van der Waals surface area contributed by atoms with Crippen LogP contribution in [0.15, 0.2) is 48.5 Å². The highest BCUT2D eigenvalue weighted by Gasteiger charge is 2.18. The highest BCUT2D eigenvalue weighted by Crippen LogP contribution is 2.29. The van der Waals surface area contributed by atoms with E-state index < -0.39 is 11.0 Å². The van der Waals surface area contributed by atoms with E-state index in [2.05, 4.69) is 0 Å². The first-order chi connectivity index (χ1) is 12.9. The fraction of sp³-hybridized carbons (Fsp3) is 0.350. The Hall–Kier alpha value is -2.93. The zero-order valence-electron chi connectivity index (χ0n) is 15.5. The van der Waals surface area contributed by atoms with Crippen LogP contribution in [0.1, 0.15) is 37.9 Å². The first-order valence-corrected chi connectivity index (χ1v) is 8.81. The van der Waals surface area contributed by atoms with Gasteiger partial charge in [0.05, 0.1) is 29.3 Å². The van der Waals surface area contributed by atoms with Crippen molar-refractivity contribution in [1.82, 2.24) is 0 Å². The van der Waals surface area contributed by atoms with Crippen LogP contribution in [0.4, 0.5) is 11.4 Å². The number of carbonyl (C=O) groups is 1. The van der Waals surface area contributed by atoms with E-state index in [0.717, 1.165) is 5.69 Å². The second-order valence-electron chi connectivity index (χ2n) is 6.25. The highest BCUT2D eigenvalue weighted by atomic mass is 16.6. The molecule has 2 aromatic carbocycles. The summed E-state index contributed by atoms with van der Waals surface area (Å²) in [5, 5.41) is 20.7. The number of nitrogens with zero attached hydrogens (tertiary/aromatic N) is 2. The second-order valence-corrected chi connectivity index (χ2v) is 6.25. The number of anilines is 1. The lowest BCUT2D eigenvalue weighted by molar-refractivity contribution is -0.386. The van der Waals surface area contributed by atoms with Crippen LogP contribution < -0.4 is 9.64 Å². The summed E-state index contributed by atoms with van der Waals surface area (Å²) in [7, 11) is 1.75. The van der Waals surface area contributed by atoms with E-state index in [1.807, 2.05) is 30.3 Å². The summed E-state index contributed by atoms with van der Waals surface area (Å²) in [4.78, 5) is 24.4. The van der Waals surface area contributed by atoms with E-state index in [9.17, 15) is 20.0 Å². The number of nitro benzene ring substituents is 1. The van der Waals surface area contributed by atoms with E-state index in [1.165, 1.54) is 19.1 Å². The molecule has 1 N–H and O–H groups in total. The van der Waals surface area contributed by atoms with Gasteiger partial charge in [0.25, 0.3) is 5.69 Å². The van der Waals surface area contributed by atoms with Gasteiger partial charge in [-0.25, -0.2) is 0 Å². The number of unbranched alkanes of at least 4 members (excludes halogenated alkanes) is 1. The number of nitro groups is 1. The number of hydrogen-bond donors (Lipinski definition) is 1. The van der Waals surface area contributed by atoms with Crippen molar-refractivity contribution >= 4 is 17.3 Å². The second kappa shape index (κ2) is 9.68. The molecule has 7 nitrogen and oxygen atoms in total. The van der Waals surface area contributed by atoms with Crippen molar-refractivity contribution in [1.29, 1.82) is 0 Å². The quantitative estimate of drug-likeness (QED) is 0.410. The van der Waals surface area contributed by atoms with Crippen molar-refractivity contribution in [2.75, 3.05) is 18.6 Å². The molecule has 144 valence electrons. The third-order valence-corrected chi connectivity index (χ3v) is 4.22. The topological polar surface area (TPSA) is 92.9 Å². The fourth-order valence-corrected chi connectivity index (χ4v) is 2.66. The molecule has 1 amide bonds. The lowest BCUT2D eigenvalue weighted by atomic mass is 10.1. The lowest BCUT2D eigenvalue weighted by Crippen LogP contribution is -2.25. The van der Waals surface area contributed by atoms with Gasteiger partial charge in [-0.1, -0.05) is 18.2 Å². The van der Waals surface area contributed by atoms with Crippen molar-refractivity contribution in [2.45, 2.75) is 32.3 Å². The number of aliphatic hydroxyl groups excluding tert-OH is 1. The molecule has 2 rings (SSSR count). The smallest absolute Gasteiger partial charge is 0.278 e. The van der Waals surface area contributed by atoms with Gasteiger partial charge in [0.1, 0.15) is 5.75 Å². The number of hydrogen-bond acceptors (Lipinski definition) is 5. The molecule has 7 heteroatoms. The Labute approximate surface area is 158 Å². The molecule has 0 spiro atoms. The van der Waals surface area contributed by atoms with Crippen molar-refractivity contribution in [2.24, 2.45) is 0 Å². The molecule has 0 aromatic heterocycles. The van der Waals surface area contributed by atoms with Crippen molar-refractivity contribution in [3.8, 4) is 5.75 Å². The molecule has 2 aromatic rings. The molecule has 0 saturated heterocycles. The Kier molecular flexibility index (Phi) is 7.31. The average Bonchev–Trinajstić information content (AvgIpc) is 2.67. The Morgan fingerprint density at radius 1 is 1.22 bits per heavy atom. The van der Waals surface area contributed by atoms with Gasteiger partial charge in [-0.2, -0.15) is 0 Å². The summed E-state index contributed by atoms with van der Waals surface area (Å²) in [5.41, 5.74) is 0.938. The minimum Gasteiger partial charge on any atom is -0.493 e. The van der Waals surface area contributed by atoms with E-state index >= 15 is 0 Å². The predicted molar refractivity (Wildman–Crippen MR) is 103 cm³/mol. The van der Waals surface area contributed by atoms with Crippen LogP contribution in [-0.4, -0.2) is 29.6 Å². The van der Waals surface area contributed by atoms with Gasteiger partial charge in [-0.05, 0) is 44.0 Å². The monoisotopic (exact) mass is 372 g/mol. The number of ether oxygens (including phenoxy) is 1. The Balaban J connectivity index is 1.79. The molecule has 0 heterocycles. The number of amides is 1. The molecule has 1 unspecified atom stereocenters. The number of para-hydroxylation sites is 1. The van der Waals surface area contributed by atoms with Gasteiger partial charge < -0.3 is 14.7 Å². The number of rotatable bonds is 9. The van der Waals surface area contributed by atoms with Crippen LogP contribution in [-0.2, 0) is 4.79 Å². The van der Waals surface area contributed by atoms with Crippen LogP contribution in [0.3, 0.4) is 0 Å². The molecule has 0 radical (unpaired) electrons. The summed E-state index contributed by atoms with van der Waals surface area (Å²) in [6.07, 6.45) is 0.784. The summed E-state index contributed by atoms with van der Waals surface area (Å²) in [6.45, 7) is 1.83.